The first kappa shape index (κ1) is 9.41. The first-order chi connectivity index (χ1) is 5.84. The molecule has 0 aliphatic heterocycles. The smallest absolute Gasteiger partial charge is 0.194 e. The third-order valence-electron chi connectivity index (χ3n) is 1.62. The zero-order valence-corrected chi connectivity index (χ0v) is 7.93. The predicted octanol–water partition coefficient (Wildman–Crippen LogP) is 1.37. The van der Waals surface area contributed by atoms with Crippen molar-refractivity contribution in [1.82, 2.24) is 14.8 Å². The van der Waals surface area contributed by atoms with E-state index in [-0.39, 0.29) is 0 Å². The Morgan fingerprint density at radius 2 is 2.50 bits per heavy atom. The molecule has 0 spiro atoms. The molecule has 0 aromatic carbocycles. The lowest BCUT2D eigenvalue weighted by Gasteiger charge is -2.00. The first-order valence-corrected chi connectivity index (χ1v) is 4.34. The molecule has 4 nitrogen and oxygen atoms in total. The number of ether oxygens (including phenoxy) is 1. The molecule has 1 N–H and O–H groups in total. The molecule has 1 rings (SSSR count). The summed E-state index contributed by atoms with van der Waals surface area (Å²) in [4.78, 5) is 0. The van der Waals surface area contributed by atoms with Crippen molar-refractivity contribution >= 4 is 12.2 Å². The van der Waals surface area contributed by atoms with Crippen LogP contribution in [0.25, 0.3) is 0 Å². The van der Waals surface area contributed by atoms with E-state index in [0.29, 0.717) is 4.77 Å². The molecule has 1 heterocycles. The third-order valence-corrected chi connectivity index (χ3v) is 1.94. The van der Waals surface area contributed by atoms with Crippen LogP contribution in [0.3, 0.4) is 0 Å². The summed E-state index contributed by atoms with van der Waals surface area (Å²) in [5.41, 5.74) is 0. The van der Waals surface area contributed by atoms with Gasteiger partial charge in [0, 0.05) is 20.3 Å². The second-order valence-corrected chi connectivity index (χ2v) is 2.94. The minimum Gasteiger partial charge on any atom is -0.385 e. The molecule has 1 aromatic heterocycles. The highest BCUT2D eigenvalue weighted by Crippen LogP contribution is 1.95. The minimum absolute atomic E-state index is 0.687. The van der Waals surface area contributed by atoms with E-state index in [0.717, 1.165) is 26.0 Å². The average molecular weight is 187 g/mol. The lowest BCUT2D eigenvalue weighted by atomic mass is 10.3. The number of hydrogen-bond donors (Lipinski definition) is 1. The molecule has 0 aliphatic carbocycles. The van der Waals surface area contributed by atoms with Gasteiger partial charge in [0.1, 0.15) is 6.33 Å². The van der Waals surface area contributed by atoms with E-state index >= 15 is 0 Å². The van der Waals surface area contributed by atoms with Gasteiger partial charge in [-0.05, 0) is 25.1 Å². The second-order valence-electron chi connectivity index (χ2n) is 2.55. The van der Waals surface area contributed by atoms with Crippen LogP contribution in [-0.4, -0.2) is 28.5 Å². The highest BCUT2D eigenvalue weighted by atomic mass is 32.1. The Morgan fingerprint density at radius 1 is 1.67 bits per heavy atom. The van der Waals surface area contributed by atoms with Crippen LogP contribution >= 0.6 is 12.2 Å². The van der Waals surface area contributed by atoms with Crippen molar-refractivity contribution in [1.29, 1.82) is 0 Å². The van der Waals surface area contributed by atoms with E-state index in [1.165, 1.54) is 0 Å². The van der Waals surface area contributed by atoms with Gasteiger partial charge in [-0.1, -0.05) is 0 Å². The van der Waals surface area contributed by atoms with Gasteiger partial charge in [0.05, 0.1) is 0 Å². The third kappa shape index (κ3) is 2.75. The minimum atomic E-state index is 0.687. The number of methoxy groups -OCH3 is 1. The summed E-state index contributed by atoms with van der Waals surface area (Å²) in [6.45, 7) is 1.73. The number of aryl methyl sites for hydroxylation is 1. The standard InChI is InChI=1S/C7H13N3OS/c1-11-5-3-2-4-10-6-8-9-7(10)12/h6H,2-5H2,1H3,(H,9,12). The number of unbranched alkanes of at least 4 members (excludes halogenated alkanes) is 1. The zero-order chi connectivity index (χ0) is 8.81. The summed E-state index contributed by atoms with van der Waals surface area (Å²) in [5.74, 6) is 0. The Labute approximate surface area is 76.6 Å². The van der Waals surface area contributed by atoms with Gasteiger partial charge in [0.2, 0.25) is 0 Å². The van der Waals surface area contributed by atoms with E-state index in [1.807, 2.05) is 4.57 Å². The summed E-state index contributed by atoms with van der Waals surface area (Å²) in [6, 6.07) is 0. The lowest BCUT2D eigenvalue weighted by Crippen LogP contribution is -1.98. The SMILES string of the molecule is COCCCCn1cn[nH]c1=S. The number of nitrogens with zero attached hydrogens (tertiary/aromatic N) is 2. The lowest BCUT2D eigenvalue weighted by molar-refractivity contribution is 0.191. The maximum absolute atomic E-state index is 4.98. The van der Waals surface area contributed by atoms with Crippen molar-refractivity contribution < 1.29 is 4.74 Å². The van der Waals surface area contributed by atoms with Crippen LogP contribution in [0.5, 0.6) is 0 Å². The summed E-state index contributed by atoms with van der Waals surface area (Å²) < 4.78 is 7.54. The largest absolute Gasteiger partial charge is 0.385 e. The Bertz CT molecular complexity index is 268. The van der Waals surface area contributed by atoms with Gasteiger partial charge in [-0.15, -0.1) is 0 Å². The molecule has 0 fully saturated rings. The van der Waals surface area contributed by atoms with Crippen LogP contribution in [0.15, 0.2) is 6.33 Å². The van der Waals surface area contributed by atoms with Crippen molar-refractivity contribution in [2.75, 3.05) is 13.7 Å². The topological polar surface area (TPSA) is 42.8 Å². The van der Waals surface area contributed by atoms with Gasteiger partial charge in [0.25, 0.3) is 0 Å². The number of aromatic nitrogens is 3. The number of H-pyrrole nitrogens is 1. The number of aromatic amines is 1. The van der Waals surface area contributed by atoms with Gasteiger partial charge >= 0.3 is 0 Å². The van der Waals surface area contributed by atoms with Gasteiger partial charge < -0.3 is 9.30 Å². The fourth-order valence-corrected chi connectivity index (χ4v) is 1.15. The molecular weight excluding hydrogens is 174 g/mol. The van der Waals surface area contributed by atoms with Crippen LogP contribution in [0.4, 0.5) is 0 Å². The fraction of sp³-hybridized carbons (Fsp3) is 0.714. The molecule has 0 saturated carbocycles. The molecule has 12 heavy (non-hydrogen) atoms. The molecule has 0 amide bonds. The van der Waals surface area contributed by atoms with Crippen LogP contribution in [0, 0.1) is 4.77 Å². The van der Waals surface area contributed by atoms with Crippen LogP contribution in [0.1, 0.15) is 12.8 Å². The monoisotopic (exact) mass is 187 g/mol. The normalized spacial score (nSPS) is 10.4. The summed E-state index contributed by atoms with van der Waals surface area (Å²) >= 11 is 4.98. The van der Waals surface area contributed by atoms with Crippen LogP contribution in [-0.2, 0) is 11.3 Å². The van der Waals surface area contributed by atoms with Crippen LogP contribution in [0.2, 0.25) is 0 Å². The number of rotatable bonds is 5. The molecule has 0 radical (unpaired) electrons. The van der Waals surface area contributed by atoms with Crippen LogP contribution < -0.4 is 0 Å². The van der Waals surface area contributed by atoms with Crippen molar-refractivity contribution in [2.24, 2.45) is 0 Å². The maximum Gasteiger partial charge on any atom is 0.194 e. The van der Waals surface area contributed by atoms with Crippen molar-refractivity contribution in [2.45, 2.75) is 19.4 Å². The Kier molecular flexibility index (Phi) is 3.96. The fourth-order valence-electron chi connectivity index (χ4n) is 0.958. The highest BCUT2D eigenvalue weighted by Gasteiger charge is 1.92. The molecule has 5 heteroatoms. The molecule has 0 unspecified atom stereocenters. The Hall–Kier alpha value is -0.680. The predicted molar refractivity (Wildman–Crippen MR) is 48.5 cm³/mol. The summed E-state index contributed by atoms with van der Waals surface area (Å²) in [7, 11) is 1.71. The molecule has 0 atom stereocenters. The van der Waals surface area contributed by atoms with E-state index < -0.39 is 0 Å². The van der Waals surface area contributed by atoms with Gasteiger partial charge in [-0.2, -0.15) is 5.10 Å². The number of nitrogens with one attached hydrogen (secondary N) is 1. The maximum atomic E-state index is 4.98. The van der Waals surface area contributed by atoms with Crippen molar-refractivity contribution in [3.05, 3.63) is 11.1 Å². The molecule has 0 saturated heterocycles. The molecule has 0 aliphatic rings. The summed E-state index contributed by atoms with van der Waals surface area (Å²) in [6.07, 6.45) is 3.85. The number of hydrogen-bond acceptors (Lipinski definition) is 3. The molecule has 1 aromatic rings. The van der Waals surface area contributed by atoms with E-state index in [1.54, 1.807) is 13.4 Å². The van der Waals surface area contributed by atoms with Crippen molar-refractivity contribution in [3.8, 4) is 0 Å². The molecule has 0 bridgehead atoms. The van der Waals surface area contributed by atoms with Gasteiger partial charge in [-0.25, -0.2) is 0 Å². The van der Waals surface area contributed by atoms with E-state index in [2.05, 4.69) is 10.2 Å². The van der Waals surface area contributed by atoms with E-state index in [4.69, 9.17) is 17.0 Å². The zero-order valence-electron chi connectivity index (χ0n) is 7.12. The Balaban J connectivity index is 2.24. The van der Waals surface area contributed by atoms with Crippen molar-refractivity contribution in [3.63, 3.8) is 0 Å². The second kappa shape index (κ2) is 5.05. The average Bonchev–Trinajstić information content (AvgIpc) is 2.46. The highest BCUT2D eigenvalue weighted by molar-refractivity contribution is 7.71. The Morgan fingerprint density at radius 3 is 3.08 bits per heavy atom. The van der Waals surface area contributed by atoms with Gasteiger partial charge in [-0.3, -0.25) is 5.10 Å². The molecular formula is C7H13N3OS. The molecule has 68 valence electrons. The first-order valence-electron chi connectivity index (χ1n) is 3.93. The van der Waals surface area contributed by atoms with E-state index in [9.17, 15) is 0 Å². The summed E-state index contributed by atoms with van der Waals surface area (Å²) in [5, 5.41) is 6.53. The quantitative estimate of drug-likeness (QED) is 0.559. The van der Waals surface area contributed by atoms with Gasteiger partial charge in [0.15, 0.2) is 4.77 Å².